The molecule has 0 aliphatic carbocycles. The molecule has 2 aromatic rings. The van der Waals surface area contributed by atoms with E-state index < -0.39 is 12.9 Å². The second kappa shape index (κ2) is 5.39. The van der Waals surface area contributed by atoms with Crippen molar-refractivity contribution < 1.29 is 19.2 Å². The van der Waals surface area contributed by atoms with Gasteiger partial charge in [0, 0.05) is 16.6 Å². The molecule has 0 aliphatic heterocycles. The molecule has 6 heteroatoms. The lowest BCUT2D eigenvalue weighted by Crippen LogP contribution is -2.30. The highest BCUT2D eigenvalue weighted by atomic mass is 35.5. The van der Waals surface area contributed by atoms with Crippen LogP contribution in [0.2, 0.25) is 5.02 Å². The zero-order chi connectivity index (χ0) is 13.1. The Balaban J connectivity index is 2.23. The first kappa shape index (κ1) is 12.9. The summed E-state index contributed by atoms with van der Waals surface area (Å²) in [5, 5.41) is 18.2. The maximum atomic E-state index is 12.9. The first-order valence-electron chi connectivity index (χ1n) is 5.15. The van der Waals surface area contributed by atoms with Crippen molar-refractivity contribution >= 4 is 24.2 Å². The van der Waals surface area contributed by atoms with Crippen LogP contribution in [0.3, 0.4) is 0 Å². The van der Waals surface area contributed by atoms with Crippen molar-refractivity contribution in [1.29, 1.82) is 0 Å². The topological polar surface area (TPSA) is 49.7 Å². The van der Waals surface area contributed by atoms with Crippen LogP contribution in [-0.4, -0.2) is 17.2 Å². The summed E-state index contributed by atoms with van der Waals surface area (Å²) in [5.41, 5.74) is 0.184. The van der Waals surface area contributed by atoms with Gasteiger partial charge in [0.25, 0.3) is 0 Å². The van der Waals surface area contributed by atoms with Gasteiger partial charge in [-0.25, -0.2) is 4.39 Å². The fraction of sp³-hybridized carbons (Fsp3) is 0. The monoisotopic (exact) mass is 266 g/mol. The molecule has 0 aliphatic rings. The van der Waals surface area contributed by atoms with E-state index in [9.17, 15) is 4.39 Å². The molecular formula is C12H9BClFO3. The van der Waals surface area contributed by atoms with Gasteiger partial charge in [-0.05, 0) is 24.3 Å². The van der Waals surface area contributed by atoms with Gasteiger partial charge in [0.1, 0.15) is 17.3 Å². The van der Waals surface area contributed by atoms with E-state index in [0.717, 1.165) is 0 Å². The summed E-state index contributed by atoms with van der Waals surface area (Å²) in [6.45, 7) is 0. The Morgan fingerprint density at radius 1 is 1.06 bits per heavy atom. The minimum absolute atomic E-state index is 0.166. The molecule has 0 bridgehead atoms. The fourth-order valence-electron chi connectivity index (χ4n) is 1.45. The van der Waals surface area contributed by atoms with Crippen LogP contribution in [0.15, 0.2) is 42.5 Å². The van der Waals surface area contributed by atoms with Crippen LogP contribution >= 0.6 is 11.6 Å². The summed E-state index contributed by atoms with van der Waals surface area (Å²) >= 11 is 5.85. The fourth-order valence-corrected chi connectivity index (χ4v) is 1.72. The Morgan fingerprint density at radius 2 is 1.78 bits per heavy atom. The Labute approximate surface area is 109 Å². The highest BCUT2D eigenvalue weighted by Crippen LogP contribution is 2.23. The second-order valence-electron chi connectivity index (χ2n) is 3.62. The molecule has 2 rings (SSSR count). The molecule has 18 heavy (non-hydrogen) atoms. The van der Waals surface area contributed by atoms with Gasteiger partial charge >= 0.3 is 7.12 Å². The molecule has 0 spiro atoms. The molecule has 2 N–H and O–H groups in total. The summed E-state index contributed by atoms with van der Waals surface area (Å²) in [5.74, 6) is 0.319. The quantitative estimate of drug-likeness (QED) is 0.835. The van der Waals surface area contributed by atoms with Gasteiger partial charge < -0.3 is 14.8 Å². The first-order valence-corrected chi connectivity index (χ1v) is 5.53. The standard InChI is InChI=1S/C12H9BClFO3/c14-12-7-10(4-5-11(12)13(16)17)18-9-3-1-2-8(15)6-9/h1-7,16-17H. The van der Waals surface area contributed by atoms with Crippen LogP contribution in [0.25, 0.3) is 0 Å². The molecule has 0 saturated heterocycles. The predicted octanol–water partition coefficient (Wildman–Crippen LogP) is 1.95. The molecule has 0 saturated carbocycles. The van der Waals surface area contributed by atoms with Gasteiger partial charge in [-0.2, -0.15) is 0 Å². The number of hydrogen-bond acceptors (Lipinski definition) is 3. The number of halogens is 2. The summed E-state index contributed by atoms with van der Waals surface area (Å²) in [6, 6.07) is 10.1. The van der Waals surface area contributed by atoms with Crippen molar-refractivity contribution in [3.05, 3.63) is 53.3 Å². The molecule has 0 amide bonds. The van der Waals surface area contributed by atoms with Crippen LogP contribution < -0.4 is 10.2 Å². The largest absolute Gasteiger partial charge is 0.489 e. The van der Waals surface area contributed by atoms with Gasteiger partial charge in [0.05, 0.1) is 0 Å². The molecule has 0 heterocycles. The van der Waals surface area contributed by atoms with Gasteiger partial charge in [0.15, 0.2) is 0 Å². The van der Waals surface area contributed by atoms with Crippen molar-refractivity contribution in [1.82, 2.24) is 0 Å². The van der Waals surface area contributed by atoms with E-state index in [1.54, 1.807) is 6.07 Å². The Bertz CT molecular complexity index is 563. The van der Waals surface area contributed by atoms with Crippen molar-refractivity contribution in [2.45, 2.75) is 0 Å². The van der Waals surface area contributed by atoms with Gasteiger partial charge in [-0.15, -0.1) is 0 Å². The third-order valence-electron chi connectivity index (χ3n) is 2.28. The highest BCUT2D eigenvalue weighted by molar-refractivity contribution is 6.62. The second-order valence-corrected chi connectivity index (χ2v) is 4.02. The lowest BCUT2D eigenvalue weighted by Gasteiger charge is -2.08. The summed E-state index contributed by atoms with van der Waals surface area (Å²) in [6.07, 6.45) is 0. The third kappa shape index (κ3) is 3.01. The number of rotatable bonds is 3. The van der Waals surface area contributed by atoms with E-state index >= 15 is 0 Å². The smallest absolute Gasteiger partial charge is 0.457 e. The molecule has 2 aromatic carbocycles. The molecular weight excluding hydrogens is 257 g/mol. The maximum absolute atomic E-state index is 12.9. The van der Waals surface area contributed by atoms with Crippen LogP contribution in [0, 0.1) is 5.82 Å². The minimum atomic E-state index is -1.64. The zero-order valence-corrected chi connectivity index (χ0v) is 9.93. The first-order chi connectivity index (χ1) is 8.56. The van der Waals surface area contributed by atoms with E-state index in [1.165, 1.54) is 36.4 Å². The molecule has 0 radical (unpaired) electrons. The molecule has 92 valence electrons. The normalized spacial score (nSPS) is 10.2. The molecule has 0 fully saturated rings. The van der Waals surface area contributed by atoms with E-state index in [2.05, 4.69) is 0 Å². The molecule has 0 aromatic heterocycles. The Hall–Kier alpha value is -1.56. The summed E-state index contributed by atoms with van der Waals surface area (Å²) in [7, 11) is -1.64. The lowest BCUT2D eigenvalue weighted by molar-refractivity contribution is 0.425. The summed E-state index contributed by atoms with van der Waals surface area (Å²) in [4.78, 5) is 0. The van der Waals surface area contributed by atoms with Gasteiger partial charge in [-0.3, -0.25) is 0 Å². The third-order valence-corrected chi connectivity index (χ3v) is 2.61. The van der Waals surface area contributed by atoms with Crippen LogP contribution in [0.5, 0.6) is 11.5 Å². The number of benzene rings is 2. The maximum Gasteiger partial charge on any atom is 0.489 e. The number of hydrogen-bond donors (Lipinski definition) is 2. The molecule has 0 atom stereocenters. The molecule has 0 unspecified atom stereocenters. The van der Waals surface area contributed by atoms with Crippen LogP contribution in [-0.2, 0) is 0 Å². The van der Waals surface area contributed by atoms with Crippen LogP contribution in [0.4, 0.5) is 4.39 Å². The minimum Gasteiger partial charge on any atom is -0.457 e. The van der Waals surface area contributed by atoms with Gasteiger partial charge in [0.2, 0.25) is 0 Å². The van der Waals surface area contributed by atoms with E-state index in [1.807, 2.05) is 0 Å². The lowest BCUT2D eigenvalue weighted by atomic mass is 9.80. The Kier molecular flexibility index (Phi) is 3.86. The average molecular weight is 266 g/mol. The zero-order valence-electron chi connectivity index (χ0n) is 9.18. The van der Waals surface area contributed by atoms with E-state index in [-0.39, 0.29) is 10.5 Å². The van der Waals surface area contributed by atoms with Crippen molar-refractivity contribution in [2.75, 3.05) is 0 Å². The van der Waals surface area contributed by atoms with Crippen molar-refractivity contribution in [2.24, 2.45) is 0 Å². The Morgan fingerprint density at radius 3 is 2.39 bits per heavy atom. The van der Waals surface area contributed by atoms with Gasteiger partial charge in [-0.1, -0.05) is 23.7 Å². The summed E-state index contributed by atoms with van der Waals surface area (Å²) < 4.78 is 18.3. The average Bonchev–Trinajstić information content (AvgIpc) is 2.28. The van der Waals surface area contributed by atoms with E-state index in [4.69, 9.17) is 26.4 Å². The highest BCUT2D eigenvalue weighted by Gasteiger charge is 2.15. The van der Waals surface area contributed by atoms with Crippen molar-refractivity contribution in [3.63, 3.8) is 0 Å². The SMILES string of the molecule is OB(O)c1ccc(Oc2cccc(F)c2)cc1Cl. The van der Waals surface area contributed by atoms with Crippen LogP contribution in [0.1, 0.15) is 0 Å². The predicted molar refractivity (Wildman–Crippen MR) is 67.8 cm³/mol. The van der Waals surface area contributed by atoms with Crippen molar-refractivity contribution in [3.8, 4) is 11.5 Å². The molecule has 3 nitrogen and oxygen atoms in total. The van der Waals surface area contributed by atoms with E-state index in [0.29, 0.717) is 11.5 Å². The number of ether oxygens (including phenoxy) is 1.